The SMILES string of the molecule is CN1CCC(Cn2c(CCCl)nc3ccccc32)C1. The number of aromatic nitrogens is 2. The molecule has 2 aromatic rings. The molecule has 1 fully saturated rings. The highest BCUT2D eigenvalue weighted by Gasteiger charge is 2.21. The highest BCUT2D eigenvalue weighted by Crippen LogP contribution is 2.22. The molecule has 19 heavy (non-hydrogen) atoms. The van der Waals surface area contributed by atoms with Crippen molar-refractivity contribution in [1.82, 2.24) is 14.5 Å². The molecule has 3 rings (SSSR count). The first-order valence-corrected chi connectivity index (χ1v) is 7.50. The van der Waals surface area contributed by atoms with Crippen molar-refractivity contribution in [1.29, 1.82) is 0 Å². The molecule has 102 valence electrons. The fourth-order valence-corrected chi connectivity index (χ4v) is 3.21. The van der Waals surface area contributed by atoms with Gasteiger partial charge in [-0.25, -0.2) is 4.98 Å². The van der Waals surface area contributed by atoms with Gasteiger partial charge in [-0.2, -0.15) is 0 Å². The van der Waals surface area contributed by atoms with Crippen LogP contribution in [0.4, 0.5) is 0 Å². The van der Waals surface area contributed by atoms with Crippen molar-refractivity contribution in [3.63, 3.8) is 0 Å². The van der Waals surface area contributed by atoms with E-state index in [0.717, 1.165) is 30.2 Å². The summed E-state index contributed by atoms with van der Waals surface area (Å²) in [5, 5.41) is 0. The van der Waals surface area contributed by atoms with Crippen LogP contribution >= 0.6 is 11.6 Å². The van der Waals surface area contributed by atoms with E-state index >= 15 is 0 Å². The molecule has 0 aliphatic carbocycles. The van der Waals surface area contributed by atoms with Gasteiger partial charge in [0.2, 0.25) is 0 Å². The van der Waals surface area contributed by atoms with Crippen molar-refractivity contribution in [2.75, 3.05) is 26.0 Å². The summed E-state index contributed by atoms with van der Waals surface area (Å²) in [4.78, 5) is 7.14. The largest absolute Gasteiger partial charge is 0.328 e. The van der Waals surface area contributed by atoms with Crippen molar-refractivity contribution in [2.24, 2.45) is 5.92 Å². The smallest absolute Gasteiger partial charge is 0.111 e. The molecule has 1 aliphatic heterocycles. The number of nitrogens with zero attached hydrogens (tertiary/aromatic N) is 3. The number of aryl methyl sites for hydroxylation is 1. The van der Waals surface area contributed by atoms with Crippen LogP contribution in [0, 0.1) is 5.92 Å². The molecular formula is C15H20ClN3. The van der Waals surface area contributed by atoms with Crippen LogP contribution in [-0.2, 0) is 13.0 Å². The van der Waals surface area contributed by atoms with Crippen molar-refractivity contribution < 1.29 is 0 Å². The number of alkyl halides is 1. The Kier molecular flexibility index (Phi) is 3.76. The summed E-state index contributed by atoms with van der Waals surface area (Å²) in [5.41, 5.74) is 2.34. The van der Waals surface area contributed by atoms with Crippen LogP contribution in [-0.4, -0.2) is 40.5 Å². The van der Waals surface area contributed by atoms with E-state index < -0.39 is 0 Å². The Morgan fingerprint density at radius 3 is 2.95 bits per heavy atom. The summed E-state index contributed by atoms with van der Waals surface area (Å²) in [6, 6.07) is 8.39. The molecular weight excluding hydrogens is 258 g/mol. The Morgan fingerprint density at radius 2 is 2.21 bits per heavy atom. The Balaban J connectivity index is 1.93. The lowest BCUT2D eigenvalue weighted by Crippen LogP contribution is -2.18. The predicted octanol–water partition coefficient (Wildman–Crippen LogP) is 2.77. The van der Waals surface area contributed by atoms with E-state index in [1.807, 2.05) is 6.07 Å². The van der Waals surface area contributed by atoms with Gasteiger partial charge in [0.1, 0.15) is 5.82 Å². The molecule has 1 unspecified atom stereocenters. The monoisotopic (exact) mass is 277 g/mol. The summed E-state index contributed by atoms with van der Waals surface area (Å²) in [6.45, 7) is 3.46. The molecule has 1 atom stereocenters. The first-order valence-electron chi connectivity index (χ1n) is 6.96. The van der Waals surface area contributed by atoms with E-state index in [4.69, 9.17) is 16.6 Å². The average molecular weight is 278 g/mol. The maximum absolute atomic E-state index is 5.91. The van der Waals surface area contributed by atoms with Gasteiger partial charge in [0.05, 0.1) is 11.0 Å². The van der Waals surface area contributed by atoms with Crippen LogP contribution in [0.15, 0.2) is 24.3 Å². The zero-order valence-electron chi connectivity index (χ0n) is 11.3. The lowest BCUT2D eigenvalue weighted by Gasteiger charge is -2.14. The van der Waals surface area contributed by atoms with Gasteiger partial charge in [-0.1, -0.05) is 12.1 Å². The topological polar surface area (TPSA) is 21.1 Å². The molecule has 2 heterocycles. The number of hydrogen-bond acceptors (Lipinski definition) is 2. The third-order valence-electron chi connectivity index (χ3n) is 3.98. The van der Waals surface area contributed by atoms with Crippen molar-refractivity contribution in [3.05, 3.63) is 30.1 Å². The second-order valence-corrected chi connectivity index (χ2v) is 5.86. The molecule has 0 spiro atoms. The molecule has 3 nitrogen and oxygen atoms in total. The minimum absolute atomic E-state index is 0.633. The molecule has 0 radical (unpaired) electrons. The normalized spacial score (nSPS) is 20.4. The van der Waals surface area contributed by atoms with E-state index in [1.165, 1.54) is 25.0 Å². The number of fused-ring (bicyclic) bond motifs is 1. The summed E-state index contributed by atoms with van der Waals surface area (Å²) in [7, 11) is 2.20. The number of imidazole rings is 1. The Morgan fingerprint density at radius 1 is 1.37 bits per heavy atom. The second kappa shape index (κ2) is 5.51. The molecule has 1 saturated heterocycles. The van der Waals surface area contributed by atoms with E-state index in [0.29, 0.717) is 5.88 Å². The average Bonchev–Trinajstić information content (AvgIpc) is 2.96. The van der Waals surface area contributed by atoms with Crippen LogP contribution in [0.5, 0.6) is 0 Å². The van der Waals surface area contributed by atoms with Gasteiger partial charge in [0.25, 0.3) is 0 Å². The van der Waals surface area contributed by atoms with E-state index in [2.05, 4.69) is 34.7 Å². The zero-order chi connectivity index (χ0) is 13.2. The van der Waals surface area contributed by atoms with Crippen LogP contribution < -0.4 is 0 Å². The van der Waals surface area contributed by atoms with Gasteiger partial charge in [-0.3, -0.25) is 0 Å². The fourth-order valence-electron chi connectivity index (χ4n) is 3.04. The van der Waals surface area contributed by atoms with Gasteiger partial charge >= 0.3 is 0 Å². The van der Waals surface area contributed by atoms with Gasteiger partial charge in [-0.05, 0) is 38.1 Å². The Bertz CT molecular complexity index is 564. The predicted molar refractivity (Wildman–Crippen MR) is 79.8 cm³/mol. The molecule has 1 aromatic heterocycles. The third kappa shape index (κ3) is 2.63. The van der Waals surface area contributed by atoms with Gasteiger partial charge in [0, 0.05) is 25.4 Å². The van der Waals surface area contributed by atoms with Gasteiger partial charge in [0.15, 0.2) is 0 Å². The Hall–Kier alpha value is -1.06. The quantitative estimate of drug-likeness (QED) is 0.802. The number of likely N-dealkylation sites (tertiary alicyclic amines) is 1. The number of halogens is 1. The third-order valence-corrected chi connectivity index (χ3v) is 4.17. The highest BCUT2D eigenvalue weighted by atomic mass is 35.5. The number of hydrogen-bond donors (Lipinski definition) is 0. The minimum Gasteiger partial charge on any atom is -0.328 e. The molecule has 0 N–H and O–H groups in total. The standard InChI is InChI=1S/C15H20ClN3/c1-18-9-7-12(10-18)11-19-14-5-3-2-4-13(14)17-15(19)6-8-16/h2-5,12H,6-11H2,1H3. The molecule has 1 aliphatic rings. The fraction of sp³-hybridized carbons (Fsp3) is 0.533. The van der Waals surface area contributed by atoms with Crippen LogP contribution in [0.1, 0.15) is 12.2 Å². The molecule has 0 bridgehead atoms. The van der Waals surface area contributed by atoms with Crippen LogP contribution in [0.2, 0.25) is 0 Å². The van der Waals surface area contributed by atoms with E-state index in [9.17, 15) is 0 Å². The van der Waals surface area contributed by atoms with E-state index in [-0.39, 0.29) is 0 Å². The first-order chi connectivity index (χ1) is 9.28. The summed E-state index contributed by atoms with van der Waals surface area (Å²) in [5.74, 6) is 2.50. The van der Waals surface area contributed by atoms with Gasteiger partial charge in [-0.15, -0.1) is 11.6 Å². The molecule has 1 aromatic carbocycles. The lowest BCUT2D eigenvalue weighted by atomic mass is 10.1. The Labute approximate surface area is 119 Å². The van der Waals surface area contributed by atoms with Crippen LogP contribution in [0.25, 0.3) is 11.0 Å². The zero-order valence-corrected chi connectivity index (χ0v) is 12.1. The maximum Gasteiger partial charge on any atom is 0.111 e. The second-order valence-electron chi connectivity index (χ2n) is 5.48. The summed E-state index contributed by atoms with van der Waals surface area (Å²) in [6.07, 6.45) is 2.13. The number of para-hydroxylation sites is 2. The molecule has 0 saturated carbocycles. The minimum atomic E-state index is 0.633. The summed E-state index contributed by atoms with van der Waals surface area (Å²) < 4.78 is 2.38. The van der Waals surface area contributed by atoms with Gasteiger partial charge < -0.3 is 9.47 Å². The lowest BCUT2D eigenvalue weighted by molar-refractivity contribution is 0.378. The highest BCUT2D eigenvalue weighted by molar-refractivity contribution is 6.17. The first kappa shape index (κ1) is 12.9. The number of benzene rings is 1. The van der Waals surface area contributed by atoms with Crippen molar-refractivity contribution in [2.45, 2.75) is 19.4 Å². The van der Waals surface area contributed by atoms with Crippen LogP contribution in [0.3, 0.4) is 0 Å². The maximum atomic E-state index is 5.91. The van der Waals surface area contributed by atoms with Crippen molar-refractivity contribution >= 4 is 22.6 Å². The van der Waals surface area contributed by atoms with Crippen molar-refractivity contribution in [3.8, 4) is 0 Å². The van der Waals surface area contributed by atoms with E-state index in [1.54, 1.807) is 0 Å². The molecule has 4 heteroatoms. The summed E-state index contributed by atoms with van der Waals surface area (Å²) >= 11 is 5.91. The molecule has 0 amide bonds. The number of rotatable bonds is 4.